The average molecular weight is 584 g/mol. The fourth-order valence-corrected chi connectivity index (χ4v) is 7.07. The third-order valence-corrected chi connectivity index (χ3v) is 9.69. The molecule has 1 atom stereocenters. The van der Waals surface area contributed by atoms with Crippen LogP contribution in [-0.2, 0) is 24.4 Å². The number of rotatable bonds is 14. The molecule has 0 aliphatic carbocycles. The average Bonchev–Trinajstić information content (AvgIpc) is 3.29. The second-order valence-corrected chi connectivity index (χ2v) is 12.7. The highest BCUT2D eigenvalue weighted by Gasteiger charge is 2.33. The van der Waals surface area contributed by atoms with Gasteiger partial charge in [-0.05, 0) is 110 Å². The molecular weight excluding hydrogens is 538 g/mol. The predicted octanol–water partition coefficient (Wildman–Crippen LogP) is 0.814. The zero-order valence-corrected chi connectivity index (χ0v) is 24.6. The summed E-state index contributed by atoms with van der Waals surface area (Å²) in [6.07, 6.45) is 7.64. The fourth-order valence-electron chi connectivity index (χ4n) is 5.58. The van der Waals surface area contributed by atoms with E-state index >= 15 is 0 Å². The lowest BCUT2D eigenvalue weighted by Gasteiger charge is -2.28. The molecule has 0 saturated carbocycles. The number of aliphatic carboxylic acids is 1. The van der Waals surface area contributed by atoms with Crippen molar-refractivity contribution in [2.45, 2.75) is 83.1 Å². The number of H-pyrrole nitrogens is 1. The highest BCUT2D eigenvalue weighted by atomic mass is 32.2. The SMILES string of the molecule is Cc1n[nH]c(C)c1S(=O)(=O)NN(C(=O)CNC(=O)C(CCC1CCNCC1)CCC1CCNCC1)C(C)C(=O)O. The number of sulfonamides is 1. The standard InChI is InChI=1S/C26H45N7O6S/c1-17-24(18(2)31-30-17)40(38,39)32-33(19(3)26(36)37)23(34)16-29-25(35)22(6-4-20-8-12-27-13-9-20)7-5-21-10-14-28-15-11-21/h19-22,27-28,32H,4-16H2,1-3H3,(H,29,35)(H,30,31)(H,36,37). The van der Waals surface area contributed by atoms with E-state index in [0.29, 0.717) is 16.8 Å². The minimum absolute atomic E-state index is 0.164. The molecule has 3 rings (SSSR count). The number of carbonyl (C=O) groups excluding carboxylic acids is 2. The summed E-state index contributed by atoms with van der Waals surface area (Å²) in [5.74, 6) is -1.67. The number of piperidine rings is 2. The first kappa shape index (κ1) is 32.0. The van der Waals surface area contributed by atoms with E-state index in [1.165, 1.54) is 20.8 Å². The molecule has 1 aromatic heterocycles. The van der Waals surface area contributed by atoms with E-state index in [9.17, 15) is 27.9 Å². The molecular formula is C26H45N7O6S. The van der Waals surface area contributed by atoms with Crippen LogP contribution in [0.1, 0.15) is 69.7 Å². The first-order valence-corrected chi connectivity index (χ1v) is 15.8. The van der Waals surface area contributed by atoms with Crippen molar-refractivity contribution in [2.75, 3.05) is 32.7 Å². The van der Waals surface area contributed by atoms with E-state index in [-0.39, 0.29) is 28.1 Å². The zero-order chi connectivity index (χ0) is 29.3. The summed E-state index contributed by atoms with van der Waals surface area (Å²) in [7, 11) is -4.32. The van der Waals surface area contributed by atoms with Crippen LogP contribution in [0.25, 0.3) is 0 Å². The summed E-state index contributed by atoms with van der Waals surface area (Å²) in [6.45, 7) is 7.59. The first-order valence-electron chi connectivity index (χ1n) is 14.3. The largest absolute Gasteiger partial charge is 0.480 e. The van der Waals surface area contributed by atoms with E-state index < -0.39 is 34.5 Å². The Hall–Kier alpha value is -2.55. The molecule has 1 unspecified atom stereocenters. The molecule has 0 bridgehead atoms. The quantitative estimate of drug-likeness (QED) is 0.172. The van der Waals surface area contributed by atoms with Gasteiger partial charge in [-0.1, -0.05) is 0 Å². The first-order chi connectivity index (χ1) is 19.0. The maximum absolute atomic E-state index is 13.3. The molecule has 226 valence electrons. The number of hydrazine groups is 1. The number of hydrogen-bond donors (Lipinski definition) is 6. The fraction of sp³-hybridized carbons (Fsp3) is 0.769. The second kappa shape index (κ2) is 14.9. The monoisotopic (exact) mass is 583 g/mol. The van der Waals surface area contributed by atoms with Crippen LogP contribution >= 0.6 is 0 Å². The number of carboxylic acids is 1. The van der Waals surface area contributed by atoms with Gasteiger partial charge in [-0.25, -0.2) is 18.2 Å². The van der Waals surface area contributed by atoms with Gasteiger partial charge in [-0.2, -0.15) is 5.10 Å². The van der Waals surface area contributed by atoms with E-state index in [1.807, 2.05) is 0 Å². The van der Waals surface area contributed by atoms with E-state index in [1.54, 1.807) is 0 Å². The van der Waals surface area contributed by atoms with E-state index in [2.05, 4.69) is 31.0 Å². The predicted molar refractivity (Wildman–Crippen MR) is 148 cm³/mol. The molecule has 2 aliphatic rings. The lowest BCUT2D eigenvalue weighted by atomic mass is 9.84. The summed E-state index contributed by atoms with van der Waals surface area (Å²) >= 11 is 0. The number of aromatic amines is 1. The summed E-state index contributed by atoms with van der Waals surface area (Å²) in [4.78, 5) is 40.1. The van der Waals surface area contributed by atoms with Gasteiger partial charge < -0.3 is 21.1 Å². The smallest absolute Gasteiger partial charge is 0.327 e. The van der Waals surface area contributed by atoms with Gasteiger partial charge in [-0.15, -0.1) is 4.83 Å². The Morgan fingerprint density at radius 2 is 1.52 bits per heavy atom. The molecule has 1 aromatic rings. The number of carbonyl (C=O) groups is 3. The molecule has 2 saturated heterocycles. The van der Waals surface area contributed by atoms with Crippen LogP contribution in [0.5, 0.6) is 0 Å². The number of aryl methyl sites for hydroxylation is 2. The van der Waals surface area contributed by atoms with Gasteiger partial charge in [0.25, 0.3) is 15.9 Å². The Morgan fingerprint density at radius 3 is 1.98 bits per heavy atom. The van der Waals surface area contributed by atoms with Crippen molar-refractivity contribution >= 4 is 27.8 Å². The van der Waals surface area contributed by atoms with Crippen molar-refractivity contribution in [1.29, 1.82) is 0 Å². The van der Waals surface area contributed by atoms with E-state index in [4.69, 9.17) is 0 Å². The highest BCUT2D eigenvalue weighted by Crippen LogP contribution is 2.27. The van der Waals surface area contributed by atoms with Crippen molar-refractivity contribution in [2.24, 2.45) is 17.8 Å². The summed E-state index contributed by atoms with van der Waals surface area (Å²) < 4.78 is 26.1. The Bertz CT molecular complexity index is 1070. The summed E-state index contributed by atoms with van der Waals surface area (Å²) in [5.41, 5.74) is 0.429. The lowest BCUT2D eigenvalue weighted by Crippen LogP contribution is -2.56. The molecule has 40 heavy (non-hydrogen) atoms. The van der Waals surface area contributed by atoms with Crippen molar-refractivity contribution < 1.29 is 27.9 Å². The highest BCUT2D eigenvalue weighted by molar-refractivity contribution is 7.89. The number of nitrogens with zero attached hydrogens (tertiary/aromatic N) is 2. The maximum Gasteiger partial charge on any atom is 0.327 e. The van der Waals surface area contributed by atoms with Gasteiger partial charge in [0.15, 0.2) is 0 Å². The van der Waals surface area contributed by atoms with Gasteiger partial charge in [0.05, 0.1) is 17.9 Å². The summed E-state index contributed by atoms with van der Waals surface area (Å²) in [5, 5.41) is 25.9. The van der Waals surface area contributed by atoms with Crippen molar-refractivity contribution in [3.05, 3.63) is 11.4 Å². The molecule has 3 heterocycles. The lowest BCUT2D eigenvalue weighted by molar-refractivity contribution is -0.150. The minimum Gasteiger partial charge on any atom is -0.480 e. The van der Waals surface area contributed by atoms with Crippen LogP contribution in [0, 0.1) is 31.6 Å². The van der Waals surface area contributed by atoms with Crippen molar-refractivity contribution in [3.63, 3.8) is 0 Å². The number of carboxylic acid groups (broad SMARTS) is 1. The Labute approximate surface area is 236 Å². The van der Waals surface area contributed by atoms with Crippen molar-refractivity contribution in [3.8, 4) is 0 Å². The molecule has 0 spiro atoms. The van der Waals surface area contributed by atoms with Gasteiger partial charge in [-0.3, -0.25) is 14.7 Å². The number of amides is 2. The molecule has 14 heteroatoms. The molecule has 2 fully saturated rings. The van der Waals surface area contributed by atoms with Crippen LogP contribution in [0.3, 0.4) is 0 Å². The van der Waals surface area contributed by atoms with E-state index in [0.717, 1.165) is 77.5 Å². The number of hydrogen-bond acceptors (Lipinski definition) is 8. The topological polar surface area (TPSA) is 186 Å². The Morgan fingerprint density at radius 1 is 1.00 bits per heavy atom. The summed E-state index contributed by atoms with van der Waals surface area (Å²) in [6, 6.07) is -1.51. The molecule has 2 aliphatic heterocycles. The second-order valence-electron chi connectivity index (χ2n) is 11.1. The molecule has 6 N–H and O–H groups in total. The zero-order valence-electron chi connectivity index (χ0n) is 23.8. The van der Waals surface area contributed by atoms with Crippen LogP contribution in [0.2, 0.25) is 0 Å². The third kappa shape index (κ3) is 8.98. The van der Waals surface area contributed by atoms with Crippen LogP contribution in [0.15, 0.2) is 4.90 Å². The molecule has 0 aromatic carbocycles. The Kier molecular flexibility index (Phi) is 11.9. The van der Waals surface area contributed by atoms with Gasteiger partial charge in [0.2, 0.25) is 5.91 Å². The number of aromatic nitrogens is 2. The Balaban J connectivity index is 1.66. The third-order valence-electron chi connectivity index (χ3n) is 8.11. The van der Waals surface area contributed by atoms with Crippen LogP contribution < -0.4 is 20.8 Å². The maximum atomic E-state index is 13.3. The minimum atomic E-state index is -4.32. The van der Waals surface area contributed by atoms with Crippen LogP contribution in [0.4, 0.5) is 0 Å². The van der Waals surface area contributed by atoms with Crippen molar-refractivity contribution in [1.82, 2.24) is 36.0 Å². The molecule has 0 radical (unpaired) electrons. The normalized spacial score (nSPS) is 18.0. The molecule has 13 nitrogen and oxygen atoms in total. The molecule has 2 amide bonds. The number of nitrogens with one attached hydrogen (secondary N) is 5. The van der Waals surface area contributed by atoms with Gasteiger partial charge in [0, 0.05) is 5.92 Å². The van der Waals surface area contributed by atoms with Gasteiger partial charge in [0.1, 0.15) is 10.9 Å². The van der Waals surface area contributed by atoms with Gasteiger partial charge >= 0.3 is 5.97 Å². The van der Waals surface area contributed by atoms with Crippen LogP contribution in [-0.4, -0.2) is 85.3 Å².